The zero-order chi connectivity index (χ0) is 14.1. The van der Waals surface area contributed by atoms with Gasteiger partial charge >= 0.3 is 0 Å². The summed E-state index contributed by atoms with van der Waals surface area (Å²) in [7, 11) is 0. The van der Waals surface area contributed by atoms with E-state index in [-0.39, 0.29) is 0 Å². The second-order valence-electron chi connectivity index (χ2n) is 6.21. The number of nitrogens with one attached hydrogen (secondary N) is 1. The molecule has 1 aromatic rings. The van der Waals surface area contributed by atoms with Crippen molar-refractivity contribution in [2.24, 2.45) is 0 Å². The van der Waals surface area contributed by atoms with Gasteiger partial charge < -0.3 is 14.8 Å². The Morgan fingerprint density at radius 2 is 1.95 bits per heavy atom. The SMILES string of the molecule is Cc1ccc2n1CCN(C(=S)NC1CCCCC1)[C@H]2C. The van der Waals surface area contributed by atoms with Crippen molar-refractivity contribution in [1.29, 1.82) is 0 Å². The minimum Gasteiger partial charge on any atom is -0.360 e. The van der Waals surface area contributed by atoms with E-state index >= 15 is 0 Å². The Kier molecular flexibility index (Phi) is 4.01. The Balaban J connectivity index is 1.67. The molecule has 1 aliphatic carbocycles. The van der Waals surface area contributed by atoms with E-state index in [4.69, 9.17) is 12.2 Å². The number of nitrogens with zero attached hydrogens (tertiary/aromatic N) is 2. The normalized spacial score (nSPS) is 23.5. The molecule has 1 atom stereocenters. The Morgan fingerprint density at radius 3 is 2.70 bits per heavy atom. The number of aryl methyl sites for hydroxylation is 1. The van der Waals surface area contributed by atoms with Crippen molar-refractivity contribution >= 4 is 17.3 Å². The van der Waals surface area contributed by atoms with Gasteiger partial charge in [-0.05, 0) is 51.0 Å². The van der Waals surface area contributed by atoms with Gasteiger partial charge in [0.2, 0.25) is 0 Å². The molecule has 3 rings (SSSR count). The molecule has 0 radical (unpaired) electrons. The molecule has 0 aromatic carbocycles. The third kappa shape index (κ3) is 2.58. The van der Waals surface area contributed by atoms with Crippen LogP contribution in [-0.2, 0) is 6.54 Å². The summed E-state index contributed by atoms with van der Waals surface area (Å²) in [5.74, 6) is 0. The molecule has 0 unspecified atom stereocenters. The first-order valence-electron chi connectivity index (χ1n) is 7.90. The van der Waals surface area contributed by atoms with Gasteiger partial charge in [-0.2, -0.15) is 0 Å². The van der Waals surface area contributed by atoms with Crippen molar-refractivity contribution in [2.75, 3.05) is 6.54 Å². The summed E-state index contributed by atoms with van der Waals surface area (Å²) >= 11 is 5.67. The summed E-state index contributed by atoms with van der Waals surface area (Å²) < 4.78 is 2.42. The topological polar surface area (TPSA) is 20.2 Å². The fourth-order valence-corrected chi connectivity index (χ4v) is 4.02. The zero-order valence-electron chi connectivity index (χ0n) is 12.6. The van der Waals surface area contributed by atoms with E-state index < -0.39 is 0 Å². The maximum Gasteiger partial charge on any atom is 0.169 e. The zero-order valence-corrected chi connectivity index (χ0v) is 13.4. The molecule has 2 aliphatic rings. The Morgan fingerprint density at radius 1 is 1.20 bits per heavy atom. The minimum absolute atomic E-state index is 0.376. The standard InChI is InChI=1S/C16H25N3S/c1-12-8-9-15-13(2)19(11-10-18(12)15)16(20)17-14-6-4-3-5-7-14/h8-9,13-14H,3-7,10-11H2,1-2H3,(H,17,20)/t13-/m0/s1. The number of hydrogen-bond donors (Lipinski definition) is 1. The van der Waals surface area contributed by atoms with E-state index in [9.17, 15) is 0 Å². The van der Waals surface area contributed by atoms with Gasteiger partial charge in [0, 0.05) is 30.5 Å². The highest BCUT2D eigenvalue weighted by Crippen LogP contribution is 2.27. The van der Waals surface area contributed by atoms with Gasteiger partial charge in [-0.25, -0.2) is 0 Å². The van der Waals surface area contributed by atoms with Crippen LogP contribution in [0.3, 0.4) is 0 Å². The van der Waals surface area contributed by atoms with E-state index in [1.165, 1.54) is 43.5 Å². The molecule has 0 amide bonds. The summed E-state index contributed by atoms with van der Waals surface area (Å²) in [4.78, 5) is 2.36. The average Bonchev–Trinajstić information content (AvgIpc) is 2.83. The lowest BCUT2D eigenvalue weighted by molar-refractivity contribution is 0.261. The molecule has 1 fully saturated rings. The molecule has 110 valence electrons. The lowest BCUT2D eigenvalue weighted by Crippen LogP contribution is -2.49. The number of thiocarbonyl (C=S) groups is 1. The first kappa shape index (κ1) is 13.9. The summed E-state index contributed by atoms with van der Waals surface area (Å²) in [5, 5.41) is 4.56. The highest BCUT2D eigenvalue weighted by Gasteiger charge is 2.27. The van der Waals surface area contributed by atoms with E-state index in [0.29, 0.717) is 12.1 Å². The first-order valence-corrected chi connectivity index (χ1v) is 8.31. The second kappa shape index (κ2) is 5.76. The molecular formula is C16H25N3S. The molecular weight excluding hydrogens is 266 g/mol. The van der Waals surface area contributed by atoms with Crippen LogP contribution in [0.4, 0.5) is 0 Å². The molecule has 2 heterocycles. The smallest absolute Gasteiger partial charge is 0.169 e. The van der Waals surface area contributed by atoms with Crippen LogP contribution in [-0.4, -0.2) is 27.2 Å². The van der Waals surface area contributed by atoms with E-state index in [0.717, 1.165) is 18.2 Å². The van der Waals surface area contributed by atoms with E-state index in [1.807, 2.05) is 0 Å². The van der Waals surface area contributed by atoms with Crippen LogP contribution in [0.25, 0.3) is 0 Å². The predicted octanol–water partition coefficient (Wildman–Crippen LogP) is 3.38. The van der Waals surface area contributed by atoms with Gasteiger partial charge in [0.05, 0.1) is 6.04 Å². The summed E-state index contributed by atoms with van der Waals surface area (Å²) in [6.45, 7) is 6.51. The number of hydrogen-bond acceptors (Lipinski definition) is 1. The third-order valence-corrected chi connectivity index (χ3v) is 5.24. The highest BCUT2D eigenvalue weighted by atomic mass is 32.1. The first-order chi connectivity index (χ1) is 9.66. The molecule has 4 heteroatoms. The molecule has 0 bridgehead atoms. The predicted molar refractivity (Wildman–Crippen MR) is 86.9 cm³/mol. The van der Waals surface area contributed by atoms with Crippen molar-refractivity contribution in [3.63, 3.8) is 0 Å². The van der Waals surface area contributed by atoms with Crippen molar-refractivity contribution in [2.45, 2.75) is 64.6 Å². The quantitative estimate of drug-likeness (QED) is 0.801. The second-order valence-corrected chi connectivity index (χ2v) is 6.59. The lowest BCUT2D eigenvalue weighted by Gasteiger charge is -2.39. The fourth-order valence-electron chi connectivity index (χ4n) is 3.60. The molecule has 0 spiro atoms. The van der Waals surface area contributed by atoms with Crippen LogP contribution in [0.2, 0.25) is 0 Å². The van der Waals surface area contributed by atoms with E-state index in [1.54, 1.807) is 0 Å². The number of rotatable bonds is 1. The molecule has 1 aliphatic heterocycles. The van der Waals surface area contributed by atoms with Gasteiger partial charge in [-0.1, -0.05) is 19.3 Å². The molecule has 1 saturated carbocycles. The van der Waals surface area contributed by atoms with Crippen molar-refractivity contribution in [1.82, 2.24) is 14.8 Å². The van der Waals surface area contributed by atoms with Crippen LogP contribution >= 0.6 is 12.2 Å². The third-order valence-electron chi connectivity index (χ3n) is 4.89. The lowest BCUT2D eigenvalue weighted by atomic mass is 9.96. The molecule has 20 heavy (non-hydrogen) atoms. The summed E-state index contributed by atoms with van der Waals surface area (Å²) in [5.41, 5.74) is 2.75. The summed E-state index contributed by atoms with van der Waals surface area (Å²) in [6, 6.07) is 5.43. The Labute approximate surface area is 127 Å². The van der Waals surface area contributed by atoms with Crippen LogP contribution in [0.1, 0.15) is 56.5 Å². The van der Waals surface area contributed by atoms with Gasteiger partial charge in [-0.3, -0.25) is 0 Å². The van der Waals surface area contributed by atoms with Crippen molar-refractivity contribution in [3.8, 4) is 0 Å². The van der Waals surface area contributed by atoms with Crippen LogP contribution in [0.15, 0.2) is 12.1 Å². The molecule has 0 saturated heterocycles. The number of fused-ring (bicyclic) bond motifs is 1. The van der Waals surface area contributed by atoms with Gasteiger partial charge in [-0.15, -0.1) is 0 Å². The van der Waals surface area contributed by atoms with Gasteiger partial charge in [0.15, 0.2) is 5.11 Å². The summed E-state index contributed by atoms with van der Waals surface area (Å²) in [6.07, 6.45) is 6.63. The largest absolute Gasteiger partial charge is 0.360 e. The highest BCUT2D eigenvalue weighted by molar-refractivity contribution is 7.80. The van der Waals surface area contributed by atoms with Crippen molar-refractivity contribution in [3.05, 3.63) is 23.5 Å². The molecule has 3 nitrogen and oxygen atoms in total. The monoisotopic (exact) mass is 291 g/mol. The Bertz CT molecular complexity index is 488. The van der Waals surface area contributed by atoms with Gasteiger partial charge in [0.1, 0.15) is 0 Å². The average molecular weight is 291 g/mol. The van der Waals surface area contributed by atoms with Crippen LogP contribution in [0, 0.1) is 6.92 Å². The van der Waals surface area contributed by atoms with E-state index in [2.05, 4.69) is 40.8 Å². The minimum atomic E-state index is 0.376. The van der Waals surface area contributed by atoms with Crippen LogP contribution in [0.5, 0.6) is 0 Å². The maximum absolute atomic E-state index is 5.67. The van der Waals surface area contributed by atoms with Gasteiger partial charge in [0.25, 0.3) is 0 Å². The number of aromatic nitrogens is 1. The molecule has 1 aromatic heterocycles. The Hall–Kier alpha value is -1.03. The van der Waals surface area contributed by atoms with Crippen molar-refractivity contribution < 1.29 is 0 Å². The van der Waals surface area contributed by atoms with Crippen LogP contribution < -0.4 is 5.32 Å². The fraction of sp³-hybridized carbons (Fsp3) is 0.688. The maximum atomic E-state index is 5.67. The molecule has 1 N–H and O–H groups in total.